The molecule has 0 aliphatic carbocycles. The molecule has 0 radical (unpaired) electrons. The standard InChI is InChI=1S/C16H17N5/c17-12-13-4-5-19-16(10-13)21-8-6-20(7-9-21)15-3-1-2-14(18)11-15/h1-5,10-11H,6-9,18H2. The van der Waals surface area contributed by atoms with Gasteiger partial charge in [-0.1, -0.05) is 6.07 Å². The van der Waals surface area contributed by atoms with Crippen molar-refractivity contribution in [2.75, 3.05) is 41.7 Å². The first kappa shape index (κ1) is 13.3. The number of nitrogens with zero attached hydrogens (tertiary/aromatic N) is 4. The number of benzene rings is 1. The first-order valence-corrected chi connectivity index (χ1v) is 6.98. The van der Waals surface area contributed by atoms with Crippen LogP contribution in [-0.2, 0) is 0 Å². The van der Waals surface area contributed by atoms with Gasteiger partial charge in [0.15, 0.2) is 0 Å². The molecule has 2 aromatic rings. The summed E-state index contributed by atoms with van der Waals surface area (Å²) >= 11 is 0. The third kappa shape index (κ3) is 2.90. The summed E-state index contributed by atoms with van der Waals surface area (Å²) in [4.78, 5) is 8.89. The van der Waals surface area contributed by atoms with Crippen molar-refractivity contribution in [2.24, 2.45) is 0 Å². The molecule has 0 bridgehead atoms. The maximum Gasteiger partial charge on any atom is 0.129 e. The van der Waals surface area contributed by atoms with Crippen LogP contribution >= 0.6 is 0 Å². The van der Waals surface area contributed by atoms with Crippen LogP contribution in [0.25, 0.3) is 0 Å². The number of rotatable bonds is 2. The molecule has 0 amide bonds. The van der Waals surface area contributed by atoms with Gasteiger partial charge in [-0.2, -0.15) is 5.26 Å². The number of nitrogen functional groups attached to an aromatic ring is 1. The minimum atomic E-state index is 0.651. The van der Waals surface area contributed by atoms with Crippen molar-refractivity contribution in [1.82, 2.24) is 4.98 Å². The number of aromatic nitrogens is 1. The van der Waals surface area contributed by atoms with Gasteiger partial charge in [-0.3, -0.25) is 0 Å². The zero-order valence-electron chi connectivity index (χ0n) is 11.7. The SMILES string of the molecule is N#Cc1ccnc(N2CCN(c3cccc(N)c3)CC2)c1. The summed E-state index contributed by atoms with van der Waals surface area (Å²) in [5.74, 6) is 0.876. The molecule has 0 saturated carbocycles. The van der Waals surface area contributed by atoms with E-state index in [1.165, 1.54) is 0 Å². The lowest BCUT2D eigenvalue weighted by atomic mass is 10.2. The minimum Gasteiger partial charge on any atom is -0.399 e. The van der Waals surface area contributed by atoms with E-state index in [1.54, 1.807) is 12.3 Å². The summed E-state index contributed by atoms with van der Waals surface area (Å²) in [7, 11) is 0. The van der Waals surface area contributed by atoms with E-state index in [1.807, 2.05) is 24.3 Å². The van der Waals surface area contributed by atoms with Gasteiger partial charge in [0.1, 0.15) is 5.82 Å². The normalized spacial score (nSPS) is 14.8. The molecule has 2 heterocycles. The van der Waals surface area contributed by atoms with Crippen LogP contribution in [0.3, 0.4) is 0 Å². The van der Waals surface area contributed by atoms with Gasteiger partial charge in [0.25, 0.3) is 0 Å². The van der Waals surface area contributed by atoms with Gasteiger partial charge in [-0.05, 0) is 30.3 Å². The number of hydrogen-bond donors (Lipinski definition) is 1. The topological polar surface area (TPSA) is 69.2 Å². The smallest absolute Gasteiger partial charge is 0.129 e. The highest BCUT2D eigenvalue weighted by atomic mass is 15.3. The van der Waals surface area contributed by atoms with Gasteiger partial charge in [0, 0.05) is 43.8 Å². The van der Waals surface area contributed by atoms with Crippen molar-refractivity contribution in [3.63, 3.8) is 0 Å². The van der Waals surface area contributed by atoms with E-state index >= 15 is 0 Å². The van der Waals surface area contributed by atoms with Gasteiger partial charge < -0.3 is 15.5 Å². The maximum atomic E-state index is 8.96. The predicted molar refractivity (Wildman–Crippen MR) is 84.2 cm³/mol. The third-order valence-corrected chi connectivity index (χ3v) is 3.71. The van der Waals surface area contributed by atoms with Gasteiger partial charge in [0.2, 0.25) is 0 Å². The summed E-state index contributed by atoms with van der Waals surface area (Å²) in [6.07, 6.45) is 1.69. The van der Waals surface area contributed by atoms with Crippen molar-refractivity contribution in [3.05, 3.63) is 48.2 Å². The highest BCUT2D eigenvalue weighted by molar-refractivity contribution is 5.57. The molecule has 0 spiro atoms. The monoisotopic (exact) mass is 279 g/mol. The van der Waals surface area contributed by atoms with Crippen molar-refractivity contribution in [3.8, 4) is 6.07 Å². The van der Waals surface area contributed by atoms with Crippen molar-refractivity contribution in [1.29, 1.82) is 5.26 Å². The Morgan fingerprint density at radius 1 is 1.05 bits per heavy atom. The minimum absolute atomic E-state index is 0.651. The average molecular weight is 279 g/mol. The summed E-state index contributed by atoms with van der Waals surface area (Å²) < 4.78 is 0. The number of nitrogens with two attached hydrogens (primary N) is 1. The molecule has 106 valence electrons. The Bertz CT molecular complexity index is 668. The second-order valence-electron chi connectivity index (χ2n) is 5.08. The molecule has 0 atom stereocenters. The van der Waals surface area contributed by atoms with Crippen molar-refractivity contribution < 1.29 is 0 Å². The zero-order chi connectivity index (χ0) is 14.7. The van der Waals surface area contributed by atoms with Gasteiger partial charge in [-0.25, -0.2) is 4.98 Å². The first-order valence-electron chi connectivity index (χ1n) is 6.98. The second kappa shape index (κ2) is 5.71. The molecule has 1 aromatic heterocycles. The molecule has 1 fully saturated rings. The van der Waals surface area contributed by atoms with E-state index in [0.717, 1.165) is 43.4 Å². The third-order valence-electron chi connectivity index (χ3n) is 3.71. The van der Waals surface area contributed by atoms with E-state index in [9.17, 15) is 0 Å². The van der Waals surface area contributed by atoms with E-state index in [4.69, 9.17) is 11.0 Å². The number of anilines is 3. The fourth-order valence-electron chi connectivity index (χ4n) is 2.58. The van der Waals surface area contributed by atoms with Crippen LogP contribution in [0.4, 0.5) is 17.2 Å². The van der Waals surface area contributed by atoms with Gasteiger partial charge in [0.05, 0.1) is 11.6 Å². The molecule has 21 heavy (non-hydrogen) atoms. The molecule has 5 nitrogen and oxygen atoms in total. The summed E-state index contributed by atoms with van der Waals surface area (Å²) in [6, 6.07) is 13.7. The molecule has 1 saturated heterocycles. The molecule has 1 aliphatic heterocycles. The van der Waals surface area contributed by atoms with Crippen LogP contribution in [0.5, 0.6) is 0 Å². The van der Waals surface area contributed by atoms with Gasteiger partial charge >= 0.3 is 0 Å². The molecule has 0 unspecified atom stereocenters. The Morgan fingerprint density at radius 3 is 2.52 bits per heavy atom. The van der Waals surface area contributed by atoms with Crippen LogP contribution in [0.2, 0.25) is 0 Å². The summed E-state index contributed by atoms with van der Waals surface area (Å²) in [6.45, 7) is 3.61. The Balaban J connectivity index is 1.69. The first-order chi connectivity index (χ1) is 10.3. The van der Waals surface area contributed by atoms with E-state index in [2.05, 4.69) is 26.9 Å². The number of piperazine rings is 1. The van der Waals surface area contributed by atoms with Crippen LogP contribution in [-0.4, -0.2) is 31.2 Å². The fourth-order valence-corrected chi connectivity index (χ4v) is 2.58. The van der Waals surface area contributed by atoms with Crippen LogP contribution < -0.4 is 15.5 Å². The molecule has 5 heteroatoms. The van der Waals surface area contributed by atoms with E-state index < -0.39 is 0 Å². The lowest BCUT2D eigenvalue weighted by Crippen LogP contribution is -2.46. The maximum absolute atomic E-state index is 8.96. The summed E-state index contributed by atoms with van der Waals surface area (Å²) in [5.41, 5.74) is 8.44. The quantitative estimate of drug-likeness (QED) is 0.850. The predicted octanol–water partition coefficient (Wildman–Crippen LogP) is 1.86. The van der Waals surface area contributed by atoms with Crippen LogP contribution in [0, 0.1) is 11.3 Å². The number of nitriles is 1. The highest BCUT2D eigenvalue weighted by Gasteiger charge is 2.18. The molecular weight excluding hydrogens is 262 g/mol. The molecule has 3 rings (SSSR count). The van der Waals surface area contributed by atoms with E-state index in [-0.39, 0.29) is 0 Å². The average Bonchev–Trinajstić information content (AvgIpc) is 2.55. The molecule has 1 aliphatic rings. The van der Waals surface area contributed by atoms with Gasteiger partial charge in [-0.15, -0.1) is 0 Å². The van der Waals surface area contributed by atoms with Crippen LogP contribution in [0.15, 0.2) is 42.6 Å². The molecule has 2 N–H and O–H groups in total. The second-order valence-corrected chi connectivity index (χ2v) is 5.08. The fraction of sp³-hybridized carbons (Fsp3) is 0.250. The number of pyridine rings is 1. The number of hydrogen-bond acceptors (Lipinski definition) is 5. The Hall–Kier alpha value is -2.74. The molecular formula is C16H17N5. The Kier molecular flexibility index (Phi) is 3.61. The van der Waals surface area contributed by atoms with Crippen LogP contribution in [0.1, 0.15) is 5.56 Å². The lowest BCUT2D eigenvalue weighted by Gasteiger charge is -2.36. The van der Waals surface area contributed by atoms with Crippen molar-refractivity contribution in [2.45, 2.75) is 0 Å². The summed E-state index contributed by atoms with van der Waals surface area (Å²) in [5, 5.41) is 8.96. The lowest BCUT2D eigenvalue weighted by molar-refractivity contribution is 0.647. The Labute approximate surface area is 124 Å². The van der Waals surface area contributed by atoms with E-state index in [0.29, 0.717) is 5.56 Å². The zero-order valence-corrected chi connectivity index (χ0v) is 11.7. The molecule has 1 aromatic carbocycles. The van der Waals surface area contributed by atoms with Crippen molar-refractivity contribution >= 4 is 17.2 Å². The Morgan fingerprint density at radius 2 is 1.81 bits per heavy atom. The largest absolute Gasteiger partial charge is 0.399 e. The highest BCUT2D eigenvalue weighted by Crippen LogP contribution is 2.21.